The Morgan fingerprint density at radius 1 is 0.848 bits per heavy atom. The molecule has 3 aromatic carbocycles. The summed E-state index contributed by atoms with van der Waals surface area (Å²) in [7, 11) is 0. The number of aryl methyl sites for hydroxylation is 1. The van der Waals surface area contributed by atoms with Crippen molar-refractivity contribution in [3.05, 3.63) is 105 Å². The maximum Gasteiger partial charge on any atom is 0.336 e. The number of rotatable bonds is 6. The SMILES string of the molecule is CC(=O)c1ccc(N(C(=O)c2ccccc2C)C(=O)c2c(C(=O)O)cccc2[N+](=O)[O-])cc1. The van der Waals surface area contributed by atoms with Gasteiger partial charge in [0.25, 0.3) is 17.5 Å². The maximum atomic E-state index is 13.6. The molecule has 0 unspecified atom stereocenters. The van der Waals surface area contributed by atoms with Gasteiger partial charge in [-0.25, -0.2) is 9.69 Å². The molecular weight excluding hydrogens is 428 g/mol. The normalized spacial score (nSPS) is 10.4. The van der Waals surface area contributed by atoms with Gasteiger partial charge >= 0.3 is 5.97 Å². The molecular formula is C24H18N2O7. The molecule has 0 saturated carbocycles. The average Bonchev–Trinajstić information content (AvgIpc) is 2.79. The molecule has 9 nitrogen and oxygen atoms in total. The van der Waals surface area contributed by atoms with E-state index in [0.29, 0.717) is 16.0 Å². The molecule has 3 aromatic rings. The Bertz CT molecular complexity index is 1260. The second-order valence-electron chi connectivity index (χ2n) is 7.13. The number of ketones is 1. The summed E-state index contributed by atoms with van der Waals surface area (Å²) >= 11 is 0. The van der Waals surface area contributed by atoms with E-state index in [1.165, 1.54) is 37.3 Å². The van der Waals surface area contributed by atoms with Crippen LogP contribution in [0.2, 0.25) is 0 Å². The molecule has 0 atom stereocenters. The first-order valence-corrected chi connectivity index (χ1v) is 9.69. The molecule has 0 bridgehead atoms. The number of nitro benzene ring substituents is 1. The first kappa shape index (κ1) is 23.0. The van der Waals surface area contributed by atoms with Crippen LogP contribution in [-0.2, 0) is 0 Å². The van der Waals surface area contributed by atoms with Crippen molar-refractivity contribution in [3.8, 4) is 0 Å². The highest BCUT2D eigenvalue weighted by Crippen LogP contribution is 2.29. The van der Waals surface area contributed by atoms with Crippen LogP contribution in [0.1, 0.15) is 53.9 Å². The van der Waals surface area contributed by atoms with Gasteiger partial charge in [-0.2, -0.15) is 0 Å². The van der Waals surface area contributed by atoms with Crippen LogP contribution in [0.5, 0.6) is 0 Å². The number of benzene rings is 3. The topological polar surface area (TPSA) is 135 Å². The van der Waals surface area contributed by atoms with Gasteiger partial charge in [0.1, 0.15) is 5.56 Å². The minimum Gasteiger partial charge on any atom is -0.478 e. The second kappa shape index (κ2) is 9.23. The first-order chi connectivity index (χ1) is 15.6. The van der Waals surface area contributed by atoms with E-state index < -0.39 is 39.5 Å². The second-order valence-corrected chi connectivity index (χ2v) is 7.13. The van der Waals surface area contributed by atoms with Gasteiger partial charge in [-0.15, -0.1) is 0 Å². The fourth-order valence-corrected chi connectivity index (χ4v) is 3.31. The van der Waals surface area contributed by atoms with E-state index in [4.69, 9.17) is 0 Å². The lowest BCUT2D eigenvalue weighted by molar-refractivity contribution is -0.385. The largest absolute Gasteiger partial charge is 0.478 e. The minimum atomic E-state index is -1.56. The highest BCUT2D eigenvalue weighted by atomic mass is 16.6. The monoisotopic (exact) mass is 446 g/mol. The number of imide groups is 1. The fraction of sp³-hybridized carbons (Fsp3) is 0.0833. The van der Waals surface area contributed by atoms with Gasteiger partial charge < -0.3 is 5.11 Å². The average molecular weight is 446 g/mol. The number of nitro groups is 1. The van der Waals surface area contributed by atoms with Crippen molar-refractivity contribution in [2.45, 2.75) is 13.8 Å². The van der Waals surface area contributed by atoms with Gasteiger partial charge in [-0.3, -0.25) is 24.5 Å². The Morgan fingerprint density at radius 2 is 1.45 bits per heavy atom. The van der Waals surface area contributed by atoms with Crippen molar-refractivity contribution < 1.29 is 29.2 Å². The van der Waals surface area contributed by atoms with Crippen LogP contribution < -0.4 is 4.90 Å². The summed E-state index contributed by atoms with van der Waals surface area (Å²) in [4.78, 5) is 61.9. The number of Topliss-reactive ketones (excluding diaryl/α,β-unsaturated/α-hetero) is 1. The Kier molecular flexibility index (Phi) is 6.43. The molecule has 9 heteroatoms. The standard InChI is InChI=1S/C24H18N2O7/c1-14-6-3-4-7-18(14)22(28)25(17-12-10-16(11-13-17)15(2)27)23(29)21-19(24(30)31)8-5-9-20(21)26(32)33/h3-13H,1-2H3,(H,30,31). The van der Waals surface area contributed by atoms with Crippen LogP contribution in [0, 0.1) is 17.0 Å². The Balaban J connectivity index is 2.27. The number of amides is 2. The Morgan fingerprint density at radius 3 is 2.00 bits per heavy atom. The Labute approximate surface area is 188 Å². The van der Waals surface area contributed by atoms with Crippen molar-refractivity contribution in [1.82, 2.24) is 0 Å². The van der Waals surface area contributed by atoms with Crippen molar-refractivity contribution in [2.75, 3.05) is 4.90 Å². The van der Waals surface area contributed by atoms with Gasteiger partial charge in [-0.1, -0.05) is 24.3 Å². The number of hydrogen-bond acceptors (Lipinski definition) is 6. The molecule has 0 radical (unpaired) electrons. The molecule has 1 N–H and O–H groups in total. The third-order valence-electron chi connectivity index (χ3n) is 5.00. The molecule has 166 valence electrons. The summed E-state index contributed by atoms with van der Waals surface area (Å²) in [5.41, 5.74) is -1.05. The van der Waals surface area contributed by atoms with E-state index in [-0.39, 0.29) is 17.0 Å². The third kappa shape index (κ3) is 4.52. The third-order valence-corrected chi connectivity index (χ3v) is 5.00. The fourth-order valence-electron chi connectivity index (χ4n) is 3.31. The predicted molar refractivity (Wildman–Crippen MR) is 119 cm³/mol. The van der Waals surface area contributed by atoms with Crippen LogP contribution in [0.4, 0.5) is 11.4 Å². The lowest BCUT2D eigenvalue weighted by Crippen LogP contribution is -2.38. The van der Waals surface area contributed by atoms with Gasteiger partial charge in [0.2, 0.25) is 0 Å². The van der Waals surface area contributed by atoms with Gasteiger partial charge in [0.05, 0.1) is 16.2 Å². The number of carbonyl (C=O) groups is 4. The lowest BCUT2D eigenvalue weighted by atomic mass is 10.0. The van der Waals surface area contributed by atoms with E-state index in [0.717, 1.165) is 18.2 Å². The molecule has 0 saturated heterocycles. The van der Waals surface area contributed by atoms with Crippen LogP contribution >= 0.6 is 0 Å². The Hall–Kier alpha value is -4.66. The van der Waals surface area contributed by atoms with Gasteiger partial charge in [0, 0.05) is 17.2 Å². The van der Waals surface area contributed by atoms with Crippen LogP contribution in [0.3, 0.4) is 0 Å². The summed E-state index contributed by atoms with van der Waals surface area (Å²) in [5, 5.41) is 21.1. The highest BCUT2D eigenvalue weighted by molar-refractivity contribution is 6.28. The predicted octanol–water partition coefficient (Wildman–Crippen LogP) is 4.29. The summed E-state index contributed by atoms with van der Waals surface area (Å²) in [6.07, 6.45) is 0. The van der Waals surface area contributed by atoms with Crippen LogP contribution in [0.25, 0.3) is 0 Å². The van der Waals surface area contributed by atoms with E-state index in [1.807, 2.05) is 0 Å². The van der Waals surface area contributed by atoms with Gasteiger partial charge in [0.15, 0.2) is 5.78 Å². The highest BCUT2D eigenvalue weighted by Gasteiger charge is 2.35. The van der Waals surface area contributed by atoms with E-state index in [2.05, 4.69) is 0 Å². The van der Waals surface area contributed by atoms with Crippen molar-refractivity contribution >= 4 is 34.9 Å². The quantitative estimate of drug-likeness (QED) is 0.258. The van der Waals surface area contributed by atoms with E-state index in [1.54, 1.807) is 25.1 Å². The molecule has 3 rings (SSSR count). The summed E-state index contributed by atoms with van der Waals surface area (Å²) in [5.74, 6) is -3.78. The number of carbonyl (C=O) groups excluding carboxylic acids is 3. The summed E-state index contributed by atoms with van der Waals surface area (Å²) in [6.45, 7) is 3.01. The number of nitrogens with zero attached hydrogens (tertiary/aromatic N) is 2. The zero-order valence-electron chi connectivity index (χ0n) is 17.6. The molecule has 0 aliphatic heterocycles. The molecule has 0 fully saturated rings. The zero-order chi connectivity index (χ0) is 24.3. The molecule has 33 heavy (non-hydrogen) atoms. The lowest BCUT2D eigenvalue weighted by Gasteiger charge is -2.23. The minimum absolute atomic E-state index is 0.0211. The number of aromatic carboxylic acids is 1. The van der Waals surface area contributed by atoms with Gasteiger partial charge in [-0.05, 0) is 55.8 Å². The number of hydrogen-bond donors (Lipinski definition) is 1. The number of anilines is 1. The van der Waals surface area contributed by atoms with Crippen molar-refractivity contribution in [3.63, 3.8) is 0 Å². The smallest absolute Gasteiger partial charge is 0.336 e. The first-order valence-electron chi connectivity index (χ1n) is 9.69. The molecule has 0 aromatic heterocycles. The summed E-state index contributed by atoms with van der Waals surface area (Å²) in [6, 6.07) is 15.1. The maximum absolute atomic E-state index is 13.6. The molecule has 0 heterocycles. The van der Waals surface area contributed by atoms with Crippen LogP contribution in [-0.4, -0.2) is 33.6 Å². The van der Waals surface area contributed by atoms with E-state index >= 15 is 0 Å². The van der Waals surface area contributed by atoms with Crippen LogP contribution in [0.15, 0.2) is 66.7 Å². The number of carboxylic acids is 1. The zero-order valence-corrected chi connectivity index (χ0v) is 17.6. The molecule has 0 aliphatic rings. The van der Waals surface area contributed by atoms with Crippen molar-refractivity contribution in [1.29, 1.82) is 0 Å². The molecule has 2 amide bonds. The number of carboxylic acid groups (broad SMARTS) is 1. The molecule has 0 spiro atoms. The van der Waals surface area contributed by atoms with E-state index in [9.17, 15) is 34.4 Å². The van der Waals surface area contributed by atoms with Crippen molar-refractivity contribution in [2.24, 2.45) is 0 Å². The summed E-state index contributed by atoms with van der Waals surface area (Å²) < 4.78 is 0. The molecule has 0 aliphatic carbocycles.